The molecule has 1 fully saturated rings. The molecule has 23 heavy (non-hydrogen) atoms. The second-order valence-corrected chi connectivity index (χ2v) is 8.64. The third kappa shape index (κ3) is 2.22. The van der Waals surface area contributed by atoms with E-state index in [4.69, 9.17) is 0 Å². The summed E-state index contributed by atoms with van der Waals surface area (Å²) in [7, 11) is -3.22. The van der Waals surface area contributed by atoms with E-state index >= 15 is 0 Å². The molecule has 0 saturated carbocycles. The highest BCUT2D eigenvalue weighted by atomic mass is 32.2. The maximum Gasteiger partial charge on any atom is 0.214 e. The van der Waals surface area contributed by atoms with Crippen LogP contribution in [-0.2, 0) is 10.0 Å². The normalized spacial score (nSPS) is 22.4. The maximum atomic E-state index is 11.9. The van der Waals surface area contributed by atoms with E-state index in [2.05, 4.69) is 21.7 Å². The van der Waals surface area contributed by atoms with Gasteiger partial charge in [0.25, 0.3) is 0 Å². The van der Waals surface area contributed by atoms with Crippen molar-refractivity contribution in [3.8, 4) is 11.3 Å². The van der Waals surface area contributed by atoms with Gasteiger partial charge in [0.2, 0.25) is 10.0 Å². The highest BCUT2D eigenvalue weighted by Gasteiger charge is 2.48. The third-order valence-corrected chi connectivity index (χ3v) is 6.65. The Morgan fingerprint density at radius 2 is 2.09 bits per heavy atom. The molecule has 2 aliphatic heterocycles. The fourth-order valence-corrected chi connectivity index (χ4v) is 4.86. The van der Waals surface area contributed by atoms with E-state index < -0.39 is 15.6 Å². The van der Waals surface area contributed by atoms with Crippen molar-refractivity contribution in [1.82, 2.24) is 13.9 Å². The third-order valence-electron chi connectivity index (χ3n) is 4.87. The van der Waals surface area contributed by atoms with Gasteiger partial charge in [-0.2, -0.15) is 4.31 Å². The lowest BCUT2D eigenvalue weighted by molar-refractivity contribution is -0.0708. The van der Waals surface area contributed by atoms with E-state index in [0.29, 0.717) is 6.42 Å². The summed E-state index contributed by atoms with van der Waals surface area (Å²) in [5.74, 6) is 0.0704. The van der Waals surface area contributed by atoms with Crippen LogP contribution in [0.15, 0.2) is 36.8 Å². The number of β-amino-alcohol motifs (C(OH)–C–C–N with tert-alkyl or cyclic N) is 1. The van der Waals surface area contributed by atoms with Crippen LogP contribution >= 0.6 is 0 Å². The average molecular weight is 333 g/mol. The van der Waals surface area contributed by atoms with Gasteiger partial charge in [0, 0.05) is 25.1 Å². The van der Waals surface area contributed by atoms with Crippen molar-refractivity contribution in [1.29, 1.82) is 0 Å². The zero-order valence-corrected chi connectivity index (χ0v) is 13.7. The van der Waals surface area contributed by atoms with E-state index in [1.165, 1.54) is 4.31 Å². The number of aromatic nitrogens is 2. The lowest BCUT2D eigenvalue weighted by Gasteiger charge is -2.46. The fraction of sp³-hybridized carbons (Fsp3) is 0.438. The minimum absolute atomic E-state index is 0.000167. The number of nitrogens with zero attached hydrogens (tertiary/aromatic N) is 3. The molecule has 1 atom stereocenters. The monoisotopic (exact) mass is 333 g/mol. The molecule has 0 unspecified atom stereocenters. The number of aliphatic hydroxyl groups is 1. The van der Waals surface area contributed by atoms with Crippen LogP contribution in [0.2, 0.25) is 0 Å². The highest BCUT2D eigenvalue weighted by Crippen LogP contribution is 2.44. The number of imidazole rings is 1. The summed E-state index contributed by atoms with van der Waals surface area (Å²) in [5.41, 5.74) is 2.36. The second kappa shape index (κ2) is 4.90. The van der Waals surface area contributed by atoms with Crippen molar-refractivity contribution in [2.45, 2.75) is 25.0 Å². The van der Waals surface area contributed by atoms with Crippen molar-refractivity contribution in [3.63, 3.8) is 0 Å². The van der Waals surface area contributed by atoms with Gasteiger partial charge in [-0.15, -0.1) is 0 Å². The largest absolute Gasteiger partial charge is 0.387 e. The summed E-state index contributed by atoms with van der Waals surface area (Å²) < 4.78 is 27.2. The Labute approximate surface area is 135 Å². The zero-order valence-electron chi connectivity index (χ0n) is 12.9. The molecule has 0 radical (unpaired) electrons. The molecule has 3 heterocycles. The molecular formula is C16H19N3O3S. The van der Waals surface area contributed by atoms with Crippen LogP contribution in [0, 0.1) is 0 Å². The number of benzene rings is 1. The predicted octanol–water partition coefficient (Wildman–Crippen LogP) is 1.24. The van der Waals surface area contributed by atoms with Crippen molar-refractivity contribution in [2.75, 3.05) is 18.8 Å². The standard InChI is InChI=1S/C16H19N3O3S/c1-2-23(21,22)18-9-16(20,10-18)7-14-12-5-3-4-6-13(12)15-8-17-11-19(14)15/h3-6,8,11,14,20H,2,7,9-10H2,1H3/t14-/m0/s1. The van der Waals surface area contributed by atoms with Gasteiger partial charge in [0.1, 0.15) is 0 Å². The lowest BCUT2D eigenvalue weighted by atomic mass is 9.86. The highest BCUT2D eigenvalue weighted by molar-refractivity contribution is 7.89. The maximum absolute atomic E-state index is 11.9. The van der Waals surface area contributed by atoms with E-state index in [1.807, 2.05) is 18.3 Å². The van der Waals surface area contributed by atoms with Crippen LogP contribution in [0.5, 0.6) is 0 Å². The molecule has 1 N–H and O–H groups in total. The van der Waals surface area contributed by atoms with Crippen molar-refractivity contribution >= 4 is 10.0 Å². The van der Waals surface area contributed by atoms with Gasteiger partial charge in [0.15, 0.2) is 0 Å². The zero-order chi connectivity index (χ0) is 16.2. The molecule has 1 aromatic heterocycles. The van der Waals surface area contributed by atoms with E-state index in [0.717, 1.165) is 16.8 Å². The van der Waals surface area contributed by atoms with Gasteiger partial charge >= 0.3 is 0 Å². The molecule has 4 rings (SSSR count). The van der Waals surface area contributed by atoms with Crippen molar-refractivity contribution in [3.05, 3.63) is 42.4 Å². The molecule has 7 heteroatoms. The van der Waals surface area contributed by atoms with Crippen LogP contribution < -0.4 is 0 Å². The minimum atomic E-state index is -3.22. The molecule has 1 aromatic carbocycles. The van der Waals surface area contributed by atoms with Crippen LogP contribution in [-0.4, -0.2) is 51.8 Å². The van der Waals surface area contributed by atoms with Crippen LogP contribution in [0.25, 0.3) is 11.3 Å². The summed E-state index contributed by atoms with van der Waals surface area (Å²) in [4.78, 5) is 4.21. The average Bonchev–Trinajstić information content (AvgIpc) is 3.08. The predicted molar refractivity (Wildman–Crippen MR) is 86.4 cm³/mol. The van der Waals surface area contributed by atoms with Gasteiger partial charge in [0.05, 0.1) is 35.6 Å². The Kier molecular flexibility index (Phi) is 3.16. The molecule has 122 valence electrons. The first kappa shape index (κ1) is 14.9. The van der Waals surface area contributed by atoms with Crippen LogP contribution in [0.4, 0.5) is 0 Å². The molecule has 0 spiro atoms. The summed E-state index contributed by atoms with van der Waals surface area (Å²) in [6.45, 7) is 1.97. The Morgan fingerprint density at radius 3 is 2.83 bits per heavy atom. The van der Waals surface area contributed by atoms with Gasteiger partial charge in [-0.05, 0) is 12.5 Å². The molecular weight excluding hydrogens is 314 g/mol. The summed E-state index contributed by atoms with van der Waals surface area (Å²) in [6, 6.07) is 8.10. The van der Waals surface area contributed by atoms with Gasteiger partial charge in [-0.3, -0.25) is 0 Å². The smallest absolute Gasteiger partial charge is 0.214 e. The molecule has 6 nitrogen and oxygen atoms in total. The van der Waals surface area contributed by atoms with Gasteiger partial charge in [-0.1, -0.05) is 24.3 Å². The fourth-order valence-electron chi connectivity index (χ4n) is 3.62. The van der Waals surface area contributed by atoms with Gasteiger partial charge in [-0.25, -0.2) is 13.4 Å². The summed E-state index contributed by atoms with van der Waals surface area (Å²) in [6.07, 6.45) is 4.10. The lowest BCUT2D eigenvalue weighted by Crippen LogP contribution is -2.64. The topological polar surface area (TPSA) is 75.4 Å². The molecule has 0 aliphatic carbocycles. The second-order valence-electron chi connectivity index (χ2n) is 6.39. The van der Waals surface area contributed by atoms with E-state index in [9.17, 15) is 13.5 Å². The van der Waals surface area contributed by atoms with Gasteiger partial charge < -0.3 is 9.67 Å². The number of rotatable bonds is 4. The first-order chi connectivity index (χ1) is 10.9. The summed E-state index contributed by atoms with van der Waals surface area (Å²) >= 11 is 0. The first-order valence-electron chi connectivity index (χ1n) is 7.75. The molecule has 0 amide bonds. The summed E-state index contributed by atoms with van der Waals surface area (Å²) in [5, 5.41) is 10.7. The number of hydrogen-bond donors (Lipinski definition) is 1. The van der Waals surface area contributed by atoms with Crippen molar-refractivity contribution < 1.29 is 13.5 Å². The Hall–Kier alpha value is -1.70. The van der Waals surface area contributed by atoms with Crippen molar-refractivity contribution in [2.24, 2.45) is 0 Å². The number of fused-ring (bicyclic) bond motifs is 3. The first-order valence-corrected chi connectivity index (χ1v) is 9.36. The number of hydrogen-bond acceptors (Lipinski definition) is 4. The van der Waals surface area contributed by atoms with Crippen LogP contribution in [0.1, 0.15) is 24.9 Å². The molecule has 0 bridgehead atoms. The Bertz CT molecular complexity index is 853. The van der Waals surface area contributed by atoms with Crippen LogP contribution in [0.3, 0.4) is 0 Å². The SMILES string of the molecule is CCS(=O)(=O)N1CC(O)(C[C@H]2c3ccccc3-c3cncn32)C1. The minimum Gasteiger partial charge on any atom is -0.387 e. The molecule has 1 saturated heterocycles. The van der Waals surface area contributed by atoms with E-state index in [1.54, 1.807) is 13.3 Å². The Morgan fingerprint density at radius 1 is 1.35 bits per heavy atom. The molecule has 2 aromatic rings. The quantitative estimate of drug-likeness (QED) is 0.913. The Balaban J connectivity index is 1.59. The number of sulfonamides is 1. The van der Waals surface area contributed by atoms with E-state index in [-0.39, 0.29) is 24.9 Å². The molecule has 2 aliphatic rings.